The molecule has 3 aromatic rings. The Morgan fingerprint density at radius 1 is 1.00 bits per heavy atom. The van der Waals surface area contributed by atoms with E-state index >= 15 is 0 Å². The van der Waals surface area contributed by atoms with Crippen LogP contribution in [0.1, 0.15) is 15.9 Å². The fourth-order valence-corrected chi connectivity index (χ4v) is 2.81. The minimum Gasteiger partial charge on any atom is -0.452 e. The zero-order valence-electron chi connectivity index (χ0n) is 15.6. The van der Waals surface area contributed by atoms with Gasteiger partial charge < -0.3 is 10.1 Å². The molecule has 0 bridgehead atoms. The van der Waals surface area contributed by atoms with Gasteiger partial charge in [-0.25, -0.2) is 4.79 Å². The third-order valence-electron chi connectivity index (χ3n) is 4.16. The highest BCUT2D eigenvalue weighted by molar-refractivity contribution is 6.00. The molecule has 30 heavy (non-hydrogen) atoms. The SMILES string of the molecule is N#Cc1ccccc1-c1ccccc1C(=O)OCC(=O)Nc1cccc([N+](=O)[O-])c1. The molecule has 0 saturated carbocycles. The van der Waals surface area contributed by atoms with Crippen molar-refractivity contribution in [2.75, 3.05) is 11.9 Å². The minimum atomic E-state index is -0.729. The highest BCUT2D eigenvalue weighted by Gasteiger charge is 2.17. The van der Waals surface area contributed by atoms with Gasteiger partial charge in [0.2, 0.25) is 0 Å². The molecule has 0 radical (unpaired) electrons. The molecule has 3 rings (SSSR count). The number of non-ortho nitro benzene ring substituents is 1. The molecule has 0 aliphatic carbocycles. The fraction of sp³-hybridized carbons (Fsp3) is 0.0455. The molecule has 1 N–H and O–H groups in total. The van der Waals surface area contributed by atoms with E-state index < -0.39 is 23.4 Å². The van der Waals surface area contributed by atoms with Gasteiger partial charge >= 0.3 is 5.97 Å². The number of amides is 1. The van der Waals surface area contributed by atoms with Crippen molar-refractivity contribution in [2.24, 2.45) is 0 Å². The molecule has 8 nitrogen and oxygen atoms in total. The van der Waals surface area contributed by atoms with Crippen LogP contribution in [0.25, 0.3) is 11.1 Å². The lowest BCUT2D eigenvalue weighted by molar-refractivity contribution is -0.384. The Hall–Kier alpha value is -4.51. The average molecular weight is 401 g/mol. The topological polar surface area (TPSA) is 122 Å². The quantitative estimate of drug-likeness (QED) is 0.379. The van der Waals surface area contributed by atoms with Crippen LogP contribution in [0.3, 0.4) is 0 Å². The maximum atomic E-state index is 12.6. The zero-order valence-corrected chi connectivity index (χ0v) is 15.6. The van der Waals surface area contributed by atoms with Gasteiger partial charge in [-0.05, 0) is 23.8 Å². The summed E-state index contributed by atoms with van der Waals surface area (Å²) >= 11 is 0. The second-order valence-electron chi connectivity index (χ2n) is 6.13. The van der Waals surface area contributed by atoms with Crippen LogP contribution in [-0.2, 0) is 9.53 Å². The van der Waals surface area contributed by atoms with E-state index in [1.54, 1.807) is 48.5 Å². The normalized spacial score (nSPS) is 9.97. The van der Waals surface area contributed by atoms with E-state index in [0.29, 0.717) is 16.7 Å². The lowest BCUT2D eigenvalue weighted by Crippen LogP contribution is -2.21. The number of esters is 1. The maximum absolute atomic E-state index is 12.6. The summed E-state index contributed by atoms with van der Waals surface area (Å²) in [6.07, 6.45) is 0. The number of ether oxygens (including phenoxy) is 1. The Morgan fingerprint density at radius 2 is 1.70 bits per heavy atom. The molecule has 148 valence electrons. The predicted octanol–water partition coefficient (Wildman–Crippen LogP) is 3.93. The third kappa shape index (κ3) is 4.66. The van der Waals surface area contributed by atoms with E-state index in [0.717, 1.165) is 0 Å². The highest BCUT2D eigenvalue weighted by atomic mass is 16.6. The summed E-state index contributed by atoms with van der Waals surface area (Å²) < 4.78 is 5.11. The summed E-state index contributed by atoms with van der Waals surface area (Å²) in [4.78, 5) is 34.9. The molecule has 0 spiro atoms. The van der Waals surface area contributed by atoms with Gasteiger partial charge in [-0.3, -0.25) is 14.9 Å². The van der Waals surface area contributed by atoms with Crippen molar-refractivity contribution >= 4 is 23.3 Å². The van der Waals surface area contributed by atoms with Crippen molar-refractivity contribution < 1.29 is 19.2 Å². The summed E-state index contributed by atoms with van der Waals surface area (Å²) in [5.74, 6) is -1.37. The lowest BCUT2D eigenvalue weighted by atomic mass is 9.96. The van der Waals surface area contributed by atoms with Gasteiger partial charge in [0, 0.05) is 23.4 Å². The number of nitrogens with zero attached hydrogens (tertiary/aromatic N) is 2. The van der Waals surface area contributed by atoms with Crippen LogP contribution >= 0.6 is 0 Å². The Bertz CT molecular complexity index is 1170. The van der Waals surface area contributed by atoms with Crippen LogP contribution < -0.4 is 5.32 Å². The average Bonchev–Trinajstić information content (AvgIpc) is 2.77. The number of hydrogen-bond acceptors (Lipinski definition) is 6. The van der Waals surface area contributed by atoms with Crippen molar-refractivity contribution in [3.8, 4) is 17.2 Å². The molecule has 8 heteroatoms. The van der Waals surface area contributed by atoms with Crippen LogP contribution in [0.5, 0.6) is 0 Å². The van der Waals surface area contributed by atoms with Gasteiger partial charge in [-0.15, -0.1) is 0 Å². The van der Waals surface area contributed by atoms with E-state index in [9.17, 15) is 25.0 Å². The van der Waals surface area contributed by atoms with E-state index in [4.69, 9.17) is 4.74 Å². The number of rotatable bonds is 6. The monoisotopic (exact) mass is 401 g/mol. The van der Waals surface area contributed by atoms with Crippen molar-refractivity contribution in [3.63, 3.8) is 0 Å². The number of carbonyl (C=O) groups is 2. The van der Waals surface area contributed by atoms with Crippen LogP contribution in [0, 0.1) is 21.4 Å². The molecular formula is C22H15N3O5. The first-order valence-corrected chi connectivity index (χ1v) is 8.79. The molecule has 1 amide bonds. The molecular weight excluding hydrogens is 386 g/mol. The van der Waals surface area contributed by atoms with Crippen molar-refractivity contribution in [1.82, 2.24) is 0 Å². The number of carbonyl (C=O) groups excluding carboxylic acids is 2. The van der Waals surface area contributed by atoms with Crippen LogP contribution in [0.4, 0.5) is 11.4 Å². The molecule has 0 aromatic heterocycles. The van der Waals surface area contributed by atoms with Crippen LogP contribution in [0.2, 0.25) is 0 Å². The van der Waals surface area contributed by atoms with Crippen molar-refractivity contribution in [3.05, 3.63) is 94.0 Å². The number of nitro benzene ring substituents is 1. The predicted molar refractivity (Wildman–Crippen MR) is 109 cm³/mol. The van der Waals surface area contributed by atoms with Gasteiger partial charge in [0.25, 0.3) is 11.6 Å². The van der Waals surface area contributed by atoms with E-state index in [-0.39, 0.29) is 16.9 Å². The Kier molecular flexibility index (Phi) is 6.15. The molecule has 0 unspecified atom stereocenters. The first-order chi connectivity index (χ1) is 14.5. The standard InChI is InChI=1S/C22H15N3O5/c23-13-15-6-1-2-9-18(15)19-10-3-4-11-20(19)22(27)30-14-21(26)24-16-7-5-8-17(12-16)25(28)29/h1-12H,14H2,(H,24,26). The van der Waals surface area contributed by atoms with E-state index in [1.165, 1.54) is 24.3 Å². The van der Waals surface area contributed by atoms with Crippen molar-refractivity contribution in [1.29, 1.82) is 5.26 Å². The Morgan fingerprint density at radius 3 is 2.43 bits per heavy atom. The van der Waals surface area contributed by atoms with Crippen LogP contribution in [0.15, 0.2) is 72.8 Å². The third-order valence-corrected chi connectivity index (χ3v) is 4.16. The Balaban J connectivity index is 1.72. The minimum absolute atomic E-state index is 0.171. The smallest absolute Gasteiger partial charge is 0.339 e. The summed E-state index contributed by atoms with van der Waals surface area (Å²) in [7, 11) is 0. The summed E-state index contributed by atoms with van der Waals surface area (Å²) in [6, 6.07) is 21.0. The van der Waals surface area contributed by atoms with E-state index in [1.807, 2.05) is 0 Å². The zero-order chi connectivity index (χ0) is 21.5. The van der Waals surface area contributed by atoms with Crippen LogP contribution in [-0.4, -0.2) is 23.4 Å². The summed E-state index contributed by atoms with van der Waals surface area (Å²) in [6.45, 7) is -0.574. The largest absolute Gasteiger partial charge is 0.452 e. The molecule has 0 fully saturated rings. The summed E-state index contributed by atoms with van der Waals surface area (Å²) in [5, 5.41) is 22.6. The van der Waals surface area contributed by atoms with Gasteiger partial charge in [0.15, 0.2) is 6.61 Å². The Labute approximate surface area is 171 Å². The number of benzene rings is 3. The number of nitrogens with one attached hydrogen (secondary N) is 1. The molecule has 0 atom stereocenters. The fourth-order valence-electron chi connectivity index (χ4n) is 2.81. The number of hydrogen-bond donors (Lipinski definition) is 1. The second kappa shape index (κ2) is 9.12. The molecule has 0 heterocycles. The number of nitriles is 1. The highest BCUT2D eigenvalue weighted by Crippen LogP contribution is 2.27. The number of anilines is 1. The summed E-state index contributed by atoms with van der Waals surface area (Å²) in [5.41, 5.74) is 1.75. The van der Waals surface area contributed by atoms with Gasteiger partial charge in [-0.2, -0.15) is 5.26 Å². The maximum Gasteiger partial charge on any atom is 0.339 e. The van der Waals surface area contributed by atoms with Gasteiger partial charge in [-0.1, -0.05) is 42.5 Å². The molecule has 0 aliphatic heterocycles. The molecule has 3 aromatic carbocycles. The first-order valence-electron chi connectivity index (χ1n) is 8.79. The lowest BCUT2D eigenvalue weighted by Gasteiger charge is -2.11. The second-order valence-corrected chi connectivity index (χ2v) is 6.13. The van der Waals surface area contributed by atoms with Gasteiger partial charge in [0.1, 0.15) is 0 Å². The van der Waals surface area contributed by atoms with Crippen molar-refractivity contribution in [2.45, 2.75) is 0 Å². The van der Waals surface area contributed by atoms with E-state index in [2.05, 4.69) is 11.4 Å². The van der Waals surface area contributed by atoms with Gasteiger partial charge in [0.05, 0.1) is 22.1 Å². The first kappa shape index (κ1) is 20.2. The number of nitro groups is 1. The molecule has 0 saturated heterocycles. The molecule has 0 aliphatic rings.